The molecule has 0 radical (unpaired) electrons. The SMILES string of the molecule is CC(C)(C)c1nc(-c2cccc(S(N)(=O)=O)c2)cnc1N. The molecule has 0 aliphatic heterocycles. The Morgan fingerprint density at radius 2 is 1.86 bits per heavy atom. The van der Waals surface area contributed by atoms with Gasteiger partial charge in [0.15, 0.2) is 0 Å². The summed E-state index contributed by atoms with van der Waals surface area (Å²) in [6, 6.07) is 6.28. The smallest absolute Gasteiger partial charge is 0.238 e. The van der Waals surface area contributed by atoms with E-state index in [2.05, 4.69) is 9.97 Å². The molecule has 0 amide bonds. The van der Waals surface area contributed by atoms with E-state index in [0.717, 1.165) is 0 Å². The van der Waals surface area contributed by atoms with Crippen molar-refractivity contribution in [2.45, 2.75) is 31.1 Å². The number of aromatic nitrogens is 2. The zero-order valence-corrected chi connectivity index (χ0v) is 13.0. The fourth-order valence-electron chi connectivity index (χ4n) is 1.92. The maximum Gasteiger partial charge on any atom is 0.238 e. The molecule has 0 aliphatic rings. The Hall–Kier alpha value is -1.99. The Kier molecular flexibility index (Phi) is 3.73. The summed E-state index contributed by atoms with van der Waals surface area (Å²) in [7, 11) is -3.75. The summed E-state index contributed by atoms with van der Waals surface area (Å²) in [5, 5.41) is 5.14. The molecule has 0 bridgehead atoms. The van der Waals surface area contributed by atoms with Gasteiger partial charge in [0, 0.05) is 11.0 Å². The highest BCUT2D eigenvalue weighted by molar-refractivity contribution is 7.89. The zero-order chi connectivity index (χ0) is 15.8. The van der Waals surface area contributed by atoms with Gasteiger partial charge in [0.1, 0.15) is 5.82 Å². The average molecular weight is 306 g/mol. The van der Waals surface area contributed by atoms with Crippen LogP contribution in [0.1, 0.15) is 26.5 Å². The van der Waals surface area contributed by atoms with Gasteiger partial charge >= 0.3 is 0 Å². The highest BCUT2D eigenvalue weighted by Crippen LogP contribution is 2.27. The molecule has 21 heavy (non-hydrogen) atoms. The van der Waals surface area contributed by atoms with Crippen LogP contribution in [-0.2, 0) is 15.4 Å². The molecule has 0 unspecified atom stereocenters. The van der Waals surface area contributed by atoms with E-state index in [-0.39, 0.29) is 10.3 Å². The molecule has 1 aromatic heterocycles. The van der Waals surface area contributed by atoms with Crippen LogP contribution in [0.3, 0.4) is 0 Å². The molecule has 2 aromatic rings. The molecule has 0 atom stereocenters. The van der Waals surface area contributed by atoms with Gasteiger partial charge < -0.3 is 5.73 Å². The third-order valence-corrected chi connectivity index (χ3v) is 3.88. The molecule has 0 saturated heterocycles. The number of nitrogens with two attached hydrogens (primary N) is 2. The van der Waals surface area contributed by atoms with Gasteiger partial charge in [-0.05, 0) is 12.1 Å². The molecule has 4 N–H and O–H groups in total. The van der Waals surface area contributed by atoms with E-state index in [4.69, 9.17) is 10.9 Å². The summed E-state index contributed by atoms with van der Waals surface area (Å²) in [6.45, 7) is 5.95. The van der Waals surface area contributed by atoms with Gasteiger partial charge in [0.2, 0.25) is 10.0 Å². The Morgan fingerprint density at radius 3 is 2.43 bits per heavy atom. The first-order chi connectivity index (χ1) is 9.59. The van der Waals surface area contributed by atoms with Crippen LogP contribution < -0.4 is 10.9 Å². The third-order valence-electron chi connectivity index (χ3n) is 2.97. The number of primary sulfonamides is 1. The highest BCUT2D eigenvalue weighted by Gasteiger charge is 2.21. The van der Waals surface area contributed by atoms with Crippen molar-refractivity contribution < 1.29 is 8.42 Å². The van der Waals surface area contributed by atoms with Gasteiger partial charge in [0.25, 0.3) is 0 Å². The molecule has 6 nitrogen and oxygen atoms in total. The van der Waals surface area contributed by atoms with Crippen molar-refractivity contribution in [3.8, 4) is 11.3 Å². The largest absolute Gasteiger partial charge is 0.382 e. The molecule has 1 heterocycles. The van der Waals surface area contributed by atoms with E-state index in [1.165, 1.54) is 18.3 Å². The number of hydrogen-bond acceptors (Lipinski definition) is 5. The van der Waals surface area contributed by atoms with Crippen molar-refractivity contribution in [2.75, 3.05) is 5.73 Å². The van der Waals surface area contributed by atoms with Gasteiger partial charge in [-0.1, -0.05) is 32.9 Å². The number of nitrogen functional groups attached to an aromatic ring is 1. The van der Waals surface area contributed by atoms with Crippen molar-refractivity contribution in [1.82, 2.24) is 9.97 Å². The van der Waals surface area contributed by atoms with E-state index < -0.39 is 10.0 Å². The number of hydrogen-bond donors (Lipinski definition) is 2. The van der Waals surface area contributed by atoms with Crippen molar-refractivity contribution in [3.05, 3.63) is 36.2 Å². The number of anilines is 1. The Bertz CT molecular complexity index is 780. The molecule has 0 spiro atoms. The lowest BCUT2D eigenvalue weighted by molar-refractivity contribution is 0.569. The van der Waals surface area contributed by atoms with Gasteiger partial charge in [-0.3, -0.25) is 0 Å². The van der Waals surface area contributed by atoms with Crippen molar-refractivity contribution in [1.29, 1.82) is 0 Å². The summed E-state index contributed by atoms with van der Waals surface area (Å²) in [4.78, 5) is 8.70. The second-order valence-corrected chi connectivity index (χ2v) is 7.37. The van der Waals surface area contributed by atoms with E-state index in [1.54, 1.807) is 12.1 Å². The average Bonchev–Trinajstić information content (AvgIpc) is 2.37. The van der Waals surface area contributed by atoms with E-state index in [1.807, 2.05) is 20.8 Å². The summed E-state index contributed by atoms with van der Waals surface area (Å²) in [5.41, 5.74) is 7.45. The standard InChI is InChI=1S/C14H18N4O2S/c1-14(2,3)12-13(15)17-8-11(18-12)9-5-4-6-10(7-9)21(16,19)20/h4-8H,1-3H3,(H2,15,17)(H2,16,19,20). The van der Waals surface area contributed by atoms with E-state index in [9.17, 15) is 8.42 Å². The minimum atomic E-state index is -3.75. The predicted octanol–water partition coefficient (Wildman–Crippen LogP) is 1.67. The summed E-state index contributed by atoms with van der Waals surface area (Å²) >= 11 is 0. The zero-order valence-electron chi connectivity index (χ0n) is 12.2. The summed E-state index contributed by atoms with van der Waals surface area (Å²) in [5.74, 6) is 0.369. The minimum Gasteiger partial charge on any atom is -0.382 e. The number of rotatable bonds is 2. The minimum absolute atomic E-state index is 0.0379. The van der Waals surface area contributed by atoms with Gasteiger partial charge in [-0.15, -0.1) is 0 Å². The number of nitrogens with zero attached hydrogens (tertiary/aromatic N) is 2. The van der Waals surface area contributed by atoms with Crippen LogP contribution in [0.25, 0.3) is 11.3 Å². The normalized spacial score (nSPS) is 12.4. The monoisotopic (exact) mass is 306 g/mol. The fourth-order valence-corrected chi connectivity index (χ4v) is 2.48. The molecule has 112 valence electrons. The van der Waals surface area contributed by atoms with Crippen molar-refractivity contribution in [2.24, 2.45) is 5.14 Å². The Morgan fingerprint density at radius 1 is 1.19 bits per heavy atom. The quantitative estimate of drug-likeness (QED) is 0.876. The second kappa shape index (κ2) is 5.09. The lowest BCUT2D eigenvalue weighted by atomic mass is 9.91. The van der Waals surface area contributed by atoms with Gasteiger partial charge in [0.05, 0.1) is 22.5 Å². The lowest BCUT2D eigenvalue weighted by Gasteiger charge is -2.19. The van der Waals surface area contributed by atoms with Crippen LogP contribution in [0.4, 0.5) is 5.82 Å². The molecular weight excluding hydrogens is 288 g/mol. The maximum atomic E-state index is 11.4. The van der Waals surface area contributed by atoms with Gasteiger partial charge in [-0.2, -0.15) is 0 Å². The number of benzene rings is 1. The van der Waals surface area contributed by atoms with Crippen LogP contribution in [0.15, 0.2) is 35.4 Å². The molecule has 0 aliphatic carbocycles. The topological polar surface area (TPSA) is 112 Å². The Balaban J connectivity index is 2.58. The van der Waals surface area contributed by atoms with Crippen LogP contribution >= 0.6 is 0 Å². The molecule has 0 fully saturated rings. The fraction of sp³-hybridized carbons (Fsp3) is 0.286. The Labute approximate surface area is 124 Å². The van der Waals surface area contributed by atoms with Crippen LogP contribution in [0, 0.1) is 0 Å². The predicted molar refractivity (Wildman–Crippen MR) is 82.0 cm³/mol. The molecule has 7 heteroatoms. The first kappa shape index (κ1) is 15.4. The lowest BCUT2D eigenvalue weighted by Crippen LogP contribution is -2.17. The summed E-state index contributed by atoms with van der Waals surface area (Å²) in [6.07, 6.45) is 1.52. The first-order valence-electron chi connectivity index (χ1n) is 6.35. The van der Waals surface area contributed by atoms with Gasteiger partial charge in [-0.25, -0.2) is 23.5 Å². The molecule has 0 saturated carbocycles. The highest BCUT2D eigenvalue weighted by atomic mass is 32.2. The second-order valence-electron chi connectivity index (χ2n) is 5.81. The van der Waals surface area contributed by atoms with Crippen LogP contribution in [-0.4, -0.2) is 18.4 Å². The third kappa shape index (κ3) is 3.37. The van der Waals surface area contributed by atoms with Crippen LogP contribution in [0.2, 0.25) is 0 Å². The van der Waals surface area contributed by atoms with Crippen molar-refractivity contribution >= 4 is 15.8 Å². The molecular formula is C14H18N4O2S. The molecule has 1 aromatic carbocycles. The maximum absolute atomic E-state index is 11.4. The summed E-state index contributed by atoms with van der Waals surface area (Å²) < 4.78 is 22.8. The number of sulfonamides is 1. The van der Waals surface area contributed by atoms with Crippen molar-refractivity contribution in [3.63, 3.8) is 0 Å². The van der Waals surface area contributed by atoms with Crippen LogP contribution in [0.5, 0.6) is 0 Å². The first-order valence-corrected chi connectivity index (χ1v) is 7.90. The van der Waals surface area contributed by atoms with E-state index >= 15 is 0 Å². The van der Waals surface area contributed by atoms with E-state index in [0.29, 0.717) is 22.8 Å². The molecule has 2 rings (SSSR count).